The number of nitrogens with one attached hydrogen (secondary N) is 4. The number of ether oxygens (including phenoxy) is 6. The molecule has 26 heteroatoms. The molecule has 8 rings (SSSR count). The predicted octanol–water partition coefficient (Wildman–Crippen LogP) is 9.18. The van der Waals surface area contributed by atoms with Crippen LogP contribution in [0.4, 0.5) is 10.0 Å². The van der Waals surface area contributed by atoms with Crippen molar-refractivity contribution in [2.75, 3.05) is 50.7 Å². The number of H-pyrrole nitrogens is 3. The number of esters is 5. The first-order valence-corrected chi connectivity index (χ1v) is 27.4. The maximum absolute atomic E-state index is 11.8. The minimum atomic E-state index is -1.20. The molecule has 0 fully saturated rings. The van der Waals surface area contributed by atoms with Gasteiger partial charge in [-0.25, -0.2) is 28.8 Å². The van der Waals surface area contributed by atoms with E-state index in [4.69, 9.17) is 29.8 Å². The molecule has 8 aromatic rings. The number of nitrogens with two attached hydrogens (primary N) is 1. The number of hydrogen-bond acceptors (Lipinski definition) is 22. The first-order valence-electron chi connectivity index (χ1n) is 23.0. The first kappa shape index (κ1) is 63.1. The Morgan fingerprint density at radius 2 is 1.01 bits per heavy atom. The number of thiophene rings is 5. The molecule has 7 N–H and O–H groups in total. The number of carbonyl (C=O) groups excluding carboxylic acids is 5. The van der Waals surface area contributed by atoms with E-state index < -0.39 is 41.2 Å². The van der Waals surface area contributed by atoms with Gasteiger partial charge in [0.15, 0.2) is 16.6 Å². The van der Waals surface area contributed by atoms with Crippen LogP contribution >= 0.6 is 56.7 Å². The van der Waals surface area contributed by atoms with Gasteiger partial charge in [-0.1, -0.05) is 0 Å². The standard InChI is InChI=1S/C12H15NO4S.C10H9NO3S.C10H16O5.C8H5NO3S.C7H5NOS.C4H5NS/c1-3-16-11(14)9(12(15)17-4-2)8-13-10-6-5-7-18-10;1-2-14-10(13)7-5-11-9-6(8(7)12)3-4-15-9;1-4-13-7-8(9(11)14-5-2)10(12)15-6-3;10-6-4-1-2-13-7(4)9-3-5(6)8(11)12;9-6-1-3-8-7-5(6)2-4-10-7;5-4-2-1-3-6-4/h5-8,13H,3-4H2,1-2H3;3-5H,2H2,1H3,(H,11,12);7H,4-6H2,1-3H3;1-3H,(H,9,10)(H,11,12);1-4H,(H,8,9);1-3H,5H2. The number of aromatic amines is 3. The minimum Gasteiger partial charge on any atom is -0.500 e. The quantitative estimate of drug-likeness (QED) is 0.0139. The lowest BCUT2D eigenvalue weighted by Crippen LogP contribution is -2.19. The zero-order chi connectivity index (χ0) is 56.7. The highest BCUT2D eigenvalue weighted by atomic mass is 32.1. The lowest BCUT2D eigenvalue weighted by molar-refractivity contribution is -0.148. The molecule has 77 heavy (non-hydrogen) atoms. The number of rotatable bonds is 15. The van der Waals surface area contributed by atoms with Crippen LogP contribution < -0.4 is 27.3 Å². The zero-order valence-electron chi connectivity index (χ0n) is 42.3. The van der Waals surface area contributed by atoms with E-state index in [-0.39, 0.29) is 66.2 Å². The number of pyridine rings is 3. The fourth-order valence-corrected chi connectivity index (χ4v) is 8.83. The lowest BCUT2D eigenvalue weighted by Gasteiger charge is -2.06. The molecule has 0 amide bonds. The summed E-state index contributed by atoms with van der Waals surface area (Å²) in [5.74, 6) is -4.63. The number of anilines is 2. The summed E-state index contributed by atoms with van der Waals surface area (Å²) in [6.45, 7) is 11.5. The molecule has 0 aliphatic heterocycles. The van der Waals surface area contributed by atoms with E-state index in [1.807, 2.05) is 46.5 Å². The Bertz CT molecular complexity index is 3340. The van der Waals surface area contributed by atoms with Crippen molar-refractivity contribution in [2.45, 2.75) is 41.5 Å². The van der Waals surface area contributed by atoms with Crippen molar-refractivity contribution in [3.8, 4) is 0 Å². The van der Waals surface area contributed by atoms with Crippen molar-refractivity contribution >= 4 is 133 Å². The maximum Gasteiger partial charge on any atom is 0.348 e. The Morgan fingerprint density at radius 1 is 0.545 bits per heavy atom. The molecule has 0 radical (unpaired) electrons. The second kappa shape index (κ2) is 34.4. The molecule has 0 saturated carbocycles. The van der Waals surface area contributed by atoms with Gasteiger partial charge in [0.05, 0.1) is 65.8 Å². The number of hydrogen-bond donors (Lipinski definition) is 6. The van der Waals surface area contributed by atoms with E-state index in [2.05, 4.69) is 29.7 Å². The van der Waals surface area contributed by atoms with Crippen molar-refractivity contribution in [1.29, 1.82) is 0 Å². The van der Waals surface area contributed by atoms with Gasteiger partial charge in [-0.3, -0.25) is 14.4 Å². The molecular formula is C51H55N5O16S5. The summed E-state index contributed by atoms with van der Waals surface area (Å²) in [5.41, 5.74) is 4.16. The summed E-state index contributed by atoms with van der Waals surface area (Å²) < 4.78 is 28.6. The van der Waals surface area contributed by atoms with Gasteiger partial charge in [0.1, 0.15) is 31.9 Å². The van der Waals surface area contributed by atoms with Crippen molar-refractivity contribution in [1.82, 2.24) is 15.0 Å². The Hall–Kier alpha value is -8.17. The molecular weight excluding hydrogens is 1100 g/mol. The summed E-state index contributed by atoms with van der Waals surface area (Å²) in [6.07, 6.45) is 6.67. The Kier molecular flexibility index (Phi) is 28.2. The van der Waals surface area contributed by atoms with Crippen LogP contribution in [0.15, 0.2) is 132 Å². The van der Waals surface area contributed by atoms with Crippen LogP contribution in [0, 0.1) is 0 Å². The van der Waals surface area contributed by atoms with Crippen LogP contribution in [0.25, 0.3) is 30.6 Å². The van der Waals surface area contributed by atoms with Crippen molar-refractivity contribution in [3.63, 3.8) is 0 Å². The van der Waals surface area contributed by atoms with Crippen LogP contribution in [0.5, 0.6) is 0 Å². The van der Waals surface area contributed by atoms with Crippen LogP contribution in [0.3, 0.4) is 0 Å². The number of fused-ring (bicyclic) bond motifs is 3. The van der Waals surface area contributed by atoms with E-state index in [1.54, 1.807) is 93.3 Å². The largest absolute Gasteiger partial charge is 0.500 e. The average Bonchev–Trinajstić information content (AvgIpc) is 4.28. The molecule has 0 aliphatic carbocycles. The summed E-state index contributed by atoms with van der Waals surface area (Å²) >= 11 is 7.36. The third kappa shape index (κ3) is 20.5. The lowest BCUT2D eigenvalue weighted by atomic mass is 10.2. The smallest absolute Gasteiger partial charge is 0.348 e. The van der Waals surface area contributed by atoms with Gasteiger partial charge in [0.2, 0.25) is 10.9 Å². The van der Waals surface area contributed by atoms with Crippen LogP contribution in [0.1, 0.15) is 62.3 Å². The van der Waals surface area contributed by atoms with Gasteiger partial charge in [0.25, 0.3) is 0 Å². The summed E-state index contributed by atoms with van der Waals surface area (Å²) in [5, 5.41) is 24.2. The van der Waals surface area contributed by atoms with Gasteiger partial charge in [0, 0.05) is 30.9 Å². The fraction of sp³-hybridized carbons (Fsp3) is 0.235. The average molecular weight is 1150 g/mol. The molecule has 0 saturated heterocycles. The van der Waals surface area contributed by atoms with Crippen molar-refractivity contribution in [2.24, 2.45) is 0 Å². The van der Waals surface area contributed by atoms with Gasteiger partial charge < -0.3 is 59.5 Å². The molecule has 8 aromatic heterocycles. The van der Waals surface area contributed by atoms with E-state index in [1.165, 1.54) is 58.7 Å². The number of carboxylic acids is 1. The van der Waals surface area contributed by atoms with E-state index >= 15 is 0 Å². The third-order valence-corrected chi connectivity index (χ3v) is 12.9. The predicted molar refractivity (Wildman–Crippen MR) is 301 cm³/mol. The summed E-state index contributed by atoms with van der Waals surface area (Å²) in [7, 11) is 0. The molecule has 0 aromatic carbocycles. The van der Waals surface area contributed by atoms with Gasteiger partial charge >= 0.3 is 35.8 Å². The highest BCUT2D eigenvalue weighted by molar-refractivity contribution is 7.17. The topological polar surface area (TPSA) is 315 Å². The number of nitrogen functional groups attached to an aromatic ring is 1. The SMILES string of the molecule is CCOC(=O)C(=CNc1cccs1)C(=O)OCC.CCOC(=O)c1c[nH]c2sccc2c1=O.CCOC=C(C(=O)OCC)C(=O)OCC.Nc1cccs1.O=C(O)c1c[nH]c2sccc2c1=O.O=c1cc[nH]c2sccc12. The Morgan fingerprint density at radius 3 is 1.44 bits per heavy atom. The van der Waals surface area contributed by atoms with Gasteiger partial charge in [-0.15, -0.1) is 56.7 Å². The minimum absolute atomic E-state index is 0.0581. The number of carboxylic acid groups (broad SMARTS) is 1. The molecule has 0 spiro atoms. The molecule has 8 heterocycles. The normalized spacial score (nSPS) is 9.79. The van der Waals surface area contributed by atoms with E-state index in [9.17, 15) is 43.2 Å². The fourth-order valence-electron chi connectivity index (χ4n) is 5.49. The molecule has 0 unspecified atom stereocenters. The molecule has 410 valence electrons. The highest BCUT2D eigenvalue weighted by Gasteiger charge is 2.22. The second-order valence-corrected chi connectivity index (χ2v) is 18.7. The first-order chi connectivity index (χ1) is 37.1. The van der Waals surface area contributed by atoms with Crippen LogP contribution in [0.2, 0.25) is 0 Å². The van der Waals surface area contributed by atoms with Gasteiger partial charge in [-0.2, -0.15) is 0 Å². The van der Waals surface area contributed by atoms with Crippen LogP contribution in [-0.2, 0) is 47.6 Å². The van der Waals surface area contributed by atoms with Crippen molar-refractivity contribution in [3.05, 3.63) is 159 Å². The number of aromatic nitrogens is 3. The zero-order valence-corrected chi connectivity index (χ0v) is 46.4. The number of carbonyl (C=O) groups is 6. The molecule has 0 bridgehead atoms. The third-order valence-electron chi connectivity index (χ3n) is 8.88. The molecule has 0 atom stereocenters. The maximum atomic E-state index is 11.8. The van der Waals surface area contributed by atoms with Crippen molar-refractivity contribution < 1.29 is 62.3 Å². The monoisotopic (exact) mass is 1150 g/mol. The summed E-state index contributed by atoms with van der Waals surface area (Å²) in [4.78, 5) is 113. The molecule has 0 aliphatic rings. The van der Waals surface area contributed by atoms with Crippen LogP contribution in [-0.4, -0.2) is 95.5 Å². The Balaban J connectivity index is 0.000000248. The van der Waals surface area contributed by atoms with E-state index in [0.29, 0.717) is 22.2 Å². The summed E-state index contributed by atoms with van der Waals surface area (Å²) in [6, 6.07) is 14.2. The van der Waals surface area contributed by atoms with E-state index in [0.717, 1.165) is 31.3 Å². The highest BCUT2D eigenvalue weighted by Crippen LogP contribution is 2.18. The number of aromatic carboxylic acids is 1. The van der Waals surface area contributed by atoms with Gasteiger partial charge in [-0.05, 0) is 111 Å². The Labute approximate surface area is 459 Å². The second-order valence-electron chi connectivity index (χ2n) is 14.0. The molecule has 21 nitrogen and oxygen atoms in total.